The zero-order valence-corrected chi connectivity index (χ0v) is 18.4. The number of nitrogens with one attached hydrogen (secondary N) is 1. The Bertz CT molecular complexity index is 1400. The van der Waals surface area contributed by atoms with Gasteiger partial charge < -0.3 is 15.2 Å². The average Bonchev–Trinajstić information content (AvgIpc) is 3.16. The number of nitrogens with zero attached hydrogens (tertiary/aromatic N) is 1. The number of anilines is 1. The summed E-state index contributed by atoms with van der Waals surface area (Å²) in [6, 6.07) is 14.7. The fraction of sp³-hybridized carbons (Fsp3) is 0.0833. The number of ether oxygens (including phenoxy) is 1. The average molecular weight is 495 g/mol. The number of non-ortho nitro benzene ring substituents is 1. The summed E-state index contributed by atoms with van der Waals surface area (Å²) in [6.07, 6.45) is -1.42. The van der Waals surface area contributed by atoms with Crippen molar-refractivity contribution in [3.63, 3.8) is 0 Å². The van der Waals surface area contributed by atoms with Gasteiger partial charge in [0.1, 0.15) is 17.8 Å². The van der Waals surface area contributed by atoms with Gasteiger partial charge in [-0.3, -0.25) is 24.5 Å². The molecule has 0 radical (unpaired) electrons. The number of halogens is 1. The molecule has 1 aliphatic heterocycles. The van der Waals surface area contributed by atoms with Crippen LogP contribution in [0.3, 0.4) is 0 Å². The Hall–Kier alpha value is -4.57. The number of hydrogen-bond acceptors (Lipinski definition) is 8. The highest BCUT2D eigenvalue weighted by Gasteiger charge is 2.46. The second-order valence-electron chi connectivity index (χ2n) is 7.51. The number of carbonyl (C=O) groups excluding carboxylic acids is 4. The van der Waals surface area contributed by atoms with Gasteiger partial charge in [0.2, 0.25) is 5.78 Å². The van der Waals surface area contributed by atoms with Gasteiger partial charge >= 0.3 is 5.97 Å². The Morgan fingerprint density at radius 1 is 1.06 bits per heavy atom. The van der Waals surface area contributed by atoms with Crippen LogP contribution in [0.1, 0.15) is 32.4 Å². The van der Waals surface area contributed by atoms with Crippen molar-refractivity contribution in [1.29, 1.82) is 0 Å². The fourth-order valence-corrected chi connectivity index (χ4v) is 3.93. The molecule has 3 aromatic carbocycles. The van der Waals surface area contributed by atoms with E-state index in [9.17, 15) is 34.4 Å². The Kier molecular flexibility index (Phi) is 6.30. The van der Waals surface area contributed by atoms with Gasteiger partial charge in [0.05, 0.1) is 26.8 Å². The van der Waals surface area contributed by atoms with E-state index in [2.05, 4.69) is 5.32 Å². The topological polar surface area (TPSA) is 153 Å². The zero-order valence-electron chi connectivity index (χ0n) is 17.6. The number of benzene rings is 3. The molecule has 0 aromatic heterocycles. The Morgan fingerprint density at radius 3 is 2.43 bits per heavy atom. The lowest BCUT2D eigenvalue weighted by Gasteiger charge is -2.21. The third kappa shape index (κ3) is 4.46. The number of Topliss-reactive ketones (excluding diaryl/α,β-unsaturated/α-hetero) is 2. The van der Waals surface area contributed by atoms with Gasteiger partial charge in [0, 0.05) is 17.7 Å². The lowest BCUT2D eigenvalue weighted by atomic mass is 9.84. The molecule has 1 aliphatic rings. The number of para-hydroxylation sites is 1. The first-order valence-corrected chi connectivity index (χ1v) is 10.5. The largest absolute Gasteiger partial charge is 0.507 e. The molecule has 10 nitrogen and oxygen atoms in total. The molecular formula is C24H15ClN2O8. The third-order valence-corrected chi connectivity index (χ3v) is 5.71. The first kappa shape index (κ1) is 23.6. The van der Waals surface area contributed by atoms with Gasteiger partial charge in [-0.2, -0.15) is 0 Å². The summed E-state index contributed by atoms with van der Waals surface area (Å²) in [4.78, 5) is 62.2. The van der Waals surface area contributed by atoms with E-state index in [1.165, 1.54) is 36.4 Å². The van der Waals surface area contributed by atoms with E-state index in [0.29, 0.717) is 0 Å². The summed E-state index contributed by atoms with van der Waals surface area (Å²) in [6.45, 7) is 0. The van der Waals surface area contributed by atoms with E-state index in [0.717, 1.165) is 18.2 Å². The van der Waals surface area contributed by atoms with Gasteiger partial charge in [0.15, 0.2) is 5.78 Å². The zero-order chi connectivity index (χ0) is 25.3. The van der Waals surface area contributed by atoms with Gasteiger partial charge in [-0.05, 0) is 24.3 Å². The summed E-state index contributed by atoms with van der Waals surface area (Å²) in [5.74, 6) is -6.49. The van der Waals surface area contributed by atoms with E-state index < -0.39 is 46.1 Å². The Morgan fingerprint density at radius 2 is 1.74 bits per heavy atom. The smallest absolute Gasteiger partial charge is 0.339 e. The van der Waals surface area contributed by atoms with Crippen LogP contribution in [0.15, 0.2) is 66.7 Å². The van der Waals surface area contributed by atoms with Crippen molar-refractivity contribution in [2.45, 2.75) is 6.10 Å². The van der Waals surface area contributed by atoms with E-state index >= 15 is 0 Å². The van der Waals surface area contributed by atoms with Crippen LogP contribution in [0.5, 0.6) is 5.75 Å². The molecule has 176 valence electrons. The van der Waals surface area contributed by atoms with Crippen molar-refractivity contribution in [2.75, 3.05) is 5.32 Å². The van der Waals surface area contributed by atoms with Gasteiger partial charge in [0.25, 0.3) is 11.6 Å². The second kappa shape index (κ2) is 9.35. The first-order chi connectivity index (χ1) is 16.7. The number of amides is 1. The van der Waals surface area contributed by atoms with Crippen molar-refractivity contribution < 1.29 is 33.9 Å². The number of rotatable bonds is 7. The fourth-order valence-electron chi connectivity index (χ4n) is 3.71. The molecule has 1 amide bonds. The molecule has 2 atom stereocenters. The number of nitro groups is 1. The molecule has 0 saturated carbocycles. The van der Waals surface area contributed by atoms with Crippen LogP contribution in [0.2, 0.25) is 5.02 Å². The van der Waals surface area contributed by atoms with Crippen LogP contribution in [-0.4, -0.2) is 33.5 Å². The summed E-state index contributed by atoms with van der Waals surface area (Å²) < 4.78 is 5.32. The highest BCUT2D eigenvalue weighted by atomic mass is 35.5. The second-order valence-corrected chi connectivity index (χ2v) is 7.92. The Balaban J connectivity index is 1.71. The summed E-state index contributed by atoms with van der Waals surface area (Å²) >= 11 is 5.99. The first-order valence-electron chi connectivity index (χ1n) is 10.1. The molecule has 0 saturated heterocycles. The molecule has 0 unspecified atom stereocenters. The number of aromatic hydroxyl groups is 1. The monoisotopic (exact) mass is 494 g/mol. The lowest BCUT2D eigenvalue weighted by Crippen LogP contribution is -2.38. The highest BCUT2D eigenvalue weighted by molar-refractivity contribution is 6.46. The van der Waals surface area contributed by atoms with Crippen LogP contribution in [0, 0.1) is 16.0 Å². The maximum Gasteiger partial charge on any atom is 0.339 e. The van der Waals surface area contributed by atoms with E-state index in [1.54, 1.807) is 12.1 Å². The molecule has 2 N–H and O–H groups in total. The molecule has 35 heavy (non-hydrogen) atoms. The standard InChI is InChI=1S/C24H15ClN2O8/c25-16-11-12(27(33)34)9-10-17(16)26-23(31)21(30)19(20(29)15-7-3-4-8-18(15)28)22-13-5-1-2-6-14(13)24(32)35-22/h1-11,19,22,28H,(H,26,31)/t19-,22+/m1/s1. The van der Waals surface area contributed by atoms with Gasteiger partial charge in [-0.15, -0.1) is 0 Å². The predicted molar refractivity (Wildman–Crippen MR) is 122 cm³/mol. The molecular weight excluding hydrogens is 480 g/mol. The quantitative estimate of drug-likeness (QED) is 0.125. The van der Waals surface area contributed by atoms with Crippen molar-refractivity contribution in [1.82, 2.24) is 0 Å². The normalized spacial score (nSPS) is 15.0. The number of carbonyl (C=O) groups is 4. The molecule has 0 aliphatic carbocycles. The lowest BCUT2D eigenvalue weighted by molar-refractivity contribution is -0.384. The number of fused-ring (bicyclic) bond motifs is 1. The summed E-state index contributed by atoms with van der Waals surface area (Å²) in [7, 11) is 0. The number of ketones is 2. The number of hydrogen-bond donors (Lipinski definition) is 2. The molecule has 0 fully saturated rings. The molecule has 1 heterocycles. The van der Waals surface area contributed by atoms with E-state index in [-0.39, 0.29) is 33.1 Å². The molecule has 3 aromatic rings. The van der Waals surface area contributed by atoms with Crippen molar-refractivity contribution >= 4 is 46.4 Å². The van der Waals surface area contributed by atoms with Gasteiger partial charge in [-0.25, -0.2) is 4.79 Å². The number of esters is 1. The number of nitro benzene ring substituents is 1. The summed E-state index contributed by atoms with van der Waals surface area (Å²) in [5, 5.41) is 23.1. The minimum Gasteiger partial charge on any atom is -0.507 e. The van der Waals surface area contributed by atoms with Crippen molar-refractivity contribution in [3.8, 4) is 5.75 Å². The van der Waals surface area contributed by atoms with Crippen LogP contribution in [0.4, 0.5) is 11.4 Å². The molecule has 0 spiro atoms. The predicted octanol–water partition coefficient (Wildman–Crippen LogP) is 3.87. The number of phenols is 1. The maximum absolute atomic E-state index is 13.4. The SMILES string of the molecule is O=C(Nc1ccc([N+](=O)[O-])cc1Cl)C(=O)[C@@H](C(=O)c1ccccc1O)[C@H]1OC(=O)c2ccccc21. The molecule has 4 rings (SSSR count). The van der Waals surface area contributed by atoms with E-state index in [1.807, 2.05) is 0 Å². The highest BCUT2D eigenvalue weighted by Crippen LogP contribution is 2.39. The number of phenolic OH excluding ortho intramolecular Hbond substituents is 1. The van der Waals surface area contributed by atoms with Crippen molar-refractivity contribution in [3.05, 3.63) is 98.6 Å². The van der Waals surface area contributed by atoms with Crippen LogP contribution in [-0.2, 0) is 14.3 Å². The van der Waals surface area contributed by atoms with Crippen LogP contribution >= 0.6 is 11.6 Å². The maximum atomic E-state index is 13.4. The minimum atomic E-state index is -1.83. The van der Waals surface area contributed by atoms with E-state index in [4.69, 9.17) is 16.3 Å². The van der Waals surface area contributed by atoms with Crippen molar-refractivity contribution in [2.24, 2.45) is 5.92 Å². The Labute approximate surface area is 202 Å². The van der Waals surface area contributed by atoms with Crippen LogP contribution in [0.25, 0.3) is 0 Å². The van der Waals surface area contributed by atoms with Gasteiger partial charge in [-0.1, -0.05) is 41.9 Å². The summed E-state index contributed by atoms with van der Waals surface area (Å²) in [5.41, 5.74) is -0.304. The number of cyclic esters (lactones) is 1. The molecule has 0 bridgehead atoms. The third-order valence-electron chi connectivity index (χ3n) is 5.39. The van der Waals surface area contributed by atoms with Crippen LogP contribution < -0.4 is 5.32 Å². The molecule has 11 heteroatoms. The minimum absolute atomic E-state index is 0.104.